The number of hydrogen-bond acceptors (Lipinski definition) is 4. The molecule has 1 aromatic carbocycles. The molecule has 0 bridgehead atoms. The predicted octanol–water partition coefficient (Wildman–Crippen LogP) is 1.55. The highest BCUT2D eigenvalue weighted by atomic mass is 32.2. The Labute approximate surface area is 97.6 Å². The van der Waals surface area contributed by atoms with Gasteiger partial charge in [0.05, 0.1) is 17.6 Å². The first-order chi connectivity index (χ1) is 7.90. The molecule has 0 aliphatic heterocycles. The largest absolute Gasteiger partial charge is 0.496 e. The van der Waals surface area contributed by atoms with Gasteiger partial charge in [-0.3, -0.25) is 4.79 Å². The second-order valence-corrected chi connectivity index (χ2v) is 5.14. The second-order valence-electron chi connectivity index (χ2n) is 3.13. The van der Waals surface area contributed by atoms with E-state index in [2.05, 4.69) is 10.0 Å². The van der Waals surface area contributed by atoms with Gasteiger partial charge in [-0.2, -0.15) is 0 Å². The number of azide groups is 1. The summed E-state index contributed by atoms with van der Waals surface area (Å²) >= 11 is 0. The zero-order valence-corrected chi connectivity index (χ0v) is 9.93. The van der Waals surface area contributed by atoms with Crippen LogP contribution in [0.5, 0.6) is 5.75 Å². The zero-order chi connectivity index (χ0) is 13.1. The summed E-state index contributed by atoms with van der Waals surface area (Å²) < 4.78 is 27.5. The van der Waals surface area contributed by atoms with E-state index in [9.17, 15) is 13.2 Å². The lowest BCUT2D eigenvalue weighted by Gasteiger charge is -2.06. The SMILES string of the molecule is COc1ccc(S(C)(=O)=O)cc1C(=O)N=[N+]=[N-]. The van der Waals surface area contributed by atoms with Crippen molar-refractivity contribution < 1.29 is 17.9 Å². The Kier molecular flexibility index (Phi) is 3.72. The van der Waals surface area contributed by atoms with E-state index in [4.69, 9.17) is 10.3 Å². The average molecular weight is 255 g/mol. The lowest BCUT2D eigenvalue weighted by molar-refractivity contribution is 0.0997. The van der Waals surface area contributed by atoms with Crippen molar-refractivity contribution in [1.82, 2.24) is 0 Å². The monoisotopic (exact) mass is 255 g/mol. The number of carbonyl (C=O) groups is 1. The molecule has 0 aliphatic rings. The van der Waals surface area contributed by atoms with E-state index >= 15 is 0 Å². The lowest BCUT2D eigenvalue weighted by atomic mass is 10.2. The fourth-order valence-electron chi connectivity index (χ4n) is 1.18. The summed E-state index contributed by atoms with van der Waals surface area (Å²) in [4.78, 5) is 13.7. The Bertz CT molecular complexity index is 603. The molecule has 1 amide bonds. The van der Waals surface area contributed by atoms with Crippen LogP contribution in [-0.2, 0) is 9.84 Å². The van der Waals surface area contributed by atoms with Crippen molar-refractivity contribution in [2.75, 3.05) is 13.4 Å². The van der Waals surface area contributed by atoms with Crippen molar-refractivity contribution in [1.29, 1.82) is 0 Å². The highest BCUT2D eigenvalue weighted by molar-refractivity contribution is 7.90. The normalized spacial score (nSPS) is 10.5. The number of sulfone groups is 1. The fraction of sp³-hybridized carbons (Fsp3) is 0.222. The second kappa shape index (κ2) is 4.86. The molecular weight excluding hydrogens is 246 g/mol. The van der Waals surface area contributed by atoms with Crippen LogP contribution in [0.15, 0.2) is 28.2 Å². The number of benzene rings is 1. The molecule has 0 spiro atoms. The summed E-state index contributed by atoms with van der Waals surface area (Å²) in [7, 11) is -2.12. The van der Waals surface area contributed by atoms with Gasteiger partial charge < -0.3 is 4.74 Å². The Balaban J connectivity index is 3.45. The molecular formula is C9H9N3O4S. The van der Waals surface area contributed by atoms with Gasteiger partial charge in [-0.15, -0.1) is 0 Å². The summed E-state index contributed by atoms with van der Waals surface area (Å²) in [5, 5.41) is 2.89. The smallest absolute Gasteiger partial charge is 0.252 e. The third-order valence-electron chi connectivity index (χ3n) is 1.97. The number of carbonyl (C=O) groups excluding carboxylic acids is 1. The molecule has 8 heteroatoms. The van der Waals surface area contributed by atoms with Crippen LogP contribution < -0.4 is 4.74 Å². The molecule has 17 heavy (non-hydrogen) atoms. The van der Waals surface area contributed by atoms with Crippen LogP contribution in [-0.4, -0.2) is 27.7 Å². The minimum Gasteiger partial charge on any atom is -0.496 e. The Morgan fingerprint density at radius 1 is 1.47 bits per heavy atom. The Hall–Kier alpha value is -2.05. The average Bonchev–Trinajstić information content (AvgIpc) is 2.27. The minimum atomic E-state index is -3.44. The van der Waals surface area contributed by atoms with E-state index in [1.807, 2.05) is 0 Å². The van der Waals surface area contributed by atoms with Crippen molar-refractivity contribution in [3.8, 4) is 5.75 Å². The van der Waals surface area contributed by atoms with Crippen LogP contribution in [0.25, 0.3) is 10.4 Å². The Morgan fingerprint density at radius 2 is 2.12 bits per heavy atom. The first-order valence-electron chi connectivity index (χ1n) is 4.37. The van der Waals surface area contributed by atoms with Crippen molar-refractivity contribution in [2.24, 2.45) is 5.11 Å². The van der Waals surface area contributed by atoms with Crippen LogP contribution in [0.3, 0.4) is 0 Å². The van der Waals surface area contributed by atoms with E-state index in [-0.39, 0.29) is 16.2 Å². The zero-order valence-electron chi connectivity index (χ0n) is 9.11. The molecule has 0 aliphatic carbocycles. The van der Waals surface area contributed by atoms with E-state index < -0.39 is 15.7 Å². The van der Waals surface area contributed by atoms with Gasteiger partial charge in [0.1, 0.15) is 5.75 Å². The summed E-state index contributed by atoms with van der Waals surface area (Å²) in [5.74, 6) is -0.746. The van der Waals surface area contributed by atoms with Crippen molar-refractivity contribution in [3.05, 3.63) is 34.2 Å². The van der Waals surface area contributed by atoms with E-state index in [1.165, 1.54) is 19.2 Å². The standard InChI is InChI=1S/C9H9N3O4S/c1-16-8-4-3-6(17(2,14)15)5-7(8)9(13)11-12-10/h3-5H,1-2H3. The van der Waals surface area contributed by atoms with Gasteiger partial charge in [0, 0.05) is 11.2 Å². The molecule has 0 atom stereocenters. The van der Waals surface area contributed by atoms with E-state index in [0.717, 1.165) is 12.3 Å². The summed E-state index contributed by atoms with van der Waals surface area (Å²) in [6.07, 6.45) is 1.01. The van der Waals surface area contributed by atoms with Gasteiger partial charge in [-0.05, 0) is 28.8 Å². The van der Waals surface area contributed by atoms with Gasteiger partial charge in [0.15, 0.2) is 9.84 Å². The molecule has 1 rings (SSSR count). The predicted molar refractivity (Wildman–Crippen MR) is 59.6 cm³/mol. The molecule has 90 valence electrons. The van der Waals surface area contributed by atoms with Crippen LogP contribution >= 0.6 is 0 Å². The molecule has 0 radical (unpaired) electrons. The molecule has 0 unspecified atom stereocenters. The number of ether oxygens (including phenoxy) is 1. The maximum absolute atomic E-state index is 11.4. The van der Waals surface area contributed by atoms with Crippen molar-refractivity contribution in [2.45, 2.75) is 4.90 Å². The van der Waals surface area contributed by atoms with Crippen molar-refractivity contribution >= 4 is 15.7 Å². The van der Waals surface area contributed by atoms with Gasteiger partial charge in [0.25, 0.3) is 5.91 Å². The number of methoxy groups -OCH3 is 1. The number of rotatable bonds is 3. The molecule has 7 nitrogen and oxygen atoms in total. The van der Waals surface area contributed by atoms with Crippen LogP contribution in [0.1, 0.15) is 10.4 Å². The van der Waals surface area contributed by atoms with E-state index in [1.54, 1.807) is 0 Å². The topological polar surface area (TPSA) is 109 Å². The molecule has 0 aromatic heterocycles. The van der Waals surface area contributed by atoms with Crippen LogP contribution in [0.2, 0.25) is 0 Å². The first kappa shape index (κ1) is 13.0. The summed E-state index contributed by atoms with van der Waals surface area (Å²) in [5.41, 5.74) is 8.08. The third-order valence-corrected chi connectivity index (χ3v) is 3.08. The third kappa shape index (κ3) is 2.96. The highest BCUT2D eigenvalue weighted by Gasteiger charge is 2.15. The molecule has 0 saturated carbocycles. The summed E-state index contributed by atoms with van der Waals surface area (Å²) in [6.45, 7) is 0. The number of amides is 1. The first-order valence-corrected chi connectivity index (χ1v) is 6.27. The highest BCUT2D eigenvalue weighted by Crippen LogP contribution is 2.23. The van der Waals surface area contributed by atoms with Gasteiger partial charge >= 0.3 is 0 Å². The van der Waals surface area contributed by atoms with Gasteiger partial charge in [0.2, 0.25) is 0 Å². The maximum atomic E-state index is 11.4. The summed E-state index contributed by atoms with van der Waals surface area (Å²) in [6, 6.07) is 3.75. The van der Waals surface area contributed by atoms with Crippen molar-refractivity contribution in [3.63, 3.8) is 0 Å². The van der Waals surface area contributed by atoms with E-state index in [0.29, 0.717) is 0 Å². The molecule has 0 heterocycles. The number of hydrogen-bond donors (Lipinski definition) is 0. The number of nitrogens with zero attached hydrogens (tertiary/aromatic N) is 3. The van der Waals surface area contributed by atoms with Gasteiger partial charge in [-0.25, -0.2) is 8.42 Å². The van der Waals surface area contributed by atoms with Crippen LogP contribution in [0.4, 0.5) is 0 Å². The fourth-order valence-corrected chi connectivity index (χ4v) is 1.83. The molecule has 0 fully saturated rings. The molecule has 0 N–H and O–H groups in total. The molecule has 0 saturated heterocycles. The maximum Gasteiger partial charge on any atom is 0.252 e. The Morgan fingerprint density at radius 3 is 2.59 bits per heavy atom. The van der Waals surface area contributed by atoms with Crippen LogP contribution in [0, 0.1) is 0 Å². The quantitative estimate of drug-likeness (QED) is 0.463. The van der Waals surface area contributed by atoms with Gasteiger partial charge in [-0.1, -0.05) is 0 Å². The minimum absolute atomic E-state index is 0.0465. The lowest BCUT2D eigenvalue weighted by Crippen LogP contribution is -2.03. The molecule has 1 aromatic rings.